The quantitative estimate of drug-likeness (QED) is 0.372. The molecule has 1 aliphatic rings. The zero-order valence-corrected chi connectivity index (χ0v) is 21.8. The van der Waals surface area contributed by atoms with E-state index >= 15 is 0 Å². The highest BCUT2D eigenvalue weighted by molar-refractivity contribution is 7.91. The number of carbonyl (C=O) groups excluding carboxylic acids is 1. The molecule has 2 heterocycles. The summed E-state index contributed by atoms with van der Waals surface area (Å²) in [5.74, 6) is 0.617. The van der Waals surface area contributed by atoms with Crippen LogP contribution in [0.4, 0.5) is 0 Å². The fraction of sp³-hybridized carbons (Fsp3) is 0.346. The lowest BCUT2D eigenvalue weighted by atomic mass is 10.1. The maximum absolute atomic E-state index is 13.2. The third-order valence-corrected chi connectivity index (χ3v) is 9.67. The molecular formula is C26H31N3O5S2. The first-order chi connectivity index (χ1) is 17.3. The second kappa shape index (κ2) is 11.9. The van der Waals surface area contributed by atoms with E-state index in [9.17, 15) is 18.3 Å². The highest BCUT2D eigenvalue weighted by Gasteiger charge is 2.30. The number of aromatic hydroxyl groups is 1. The number of hydrogen-bond acceptors (Lipinski definition) is 7. The molecule has 0 bridgehead atoms. The second-order valence-corrected chi connectivity index (χ2v) is 12.0. The molecule has 8 nitrogen and oxygen atoms in total. The maximum atomic E-state index is 13.2. The Morgan fingerprint density at radius 3 is 2.58 bits per heavy atom. The van der Waals surface area contributed by atoms with Crippen molar-refractivity contribution in [1.29, 1.82) is 0 Å². The van der Waals surface area contributed by atoms with E-state index in [0.29, 0.717) is 28.6 Å². The maximum Gasteiger partial charge on any atom is 0.252 e. The fourth-order valence-corrected chi connectivity index (χ4v) is 7.06. The van der Waals surface area contributed by atoms with E-state index in [-0.39, 0.29) is 24.2 Å². The van der Waals surface area contributed by atoms with E-state index in [1.165, 1.54) is 11.3 Å². The fourth-order valence-electron chi connectivity index (χ4n) is 4.14. The molecule has 0 atom stereocenters. The number of thiophene rings is 1. The molecule has 4 rings (SSSR count). The second-order valence-electron chi connectivity index (χ2n) is 8.68. The monoisotopic (exact) mass is 529 g/mol. The van der Waals surface area contributed by atoms with Crippen LogP contribution in [0.15, 0.2) is 64.9 Å². The molecule has 1 aliphatic heterocycles. The van der Waals surface area contributed by atoms with E-state index in [2.05, 4.69) is 10.6 Å². The SMILES string of the molecule is COc1cccc(C(=O)NCc2ccc(S(=O)(=O)N3CCC(NCCc4ccc(O)cc4)CC3)s2)c1. The molecule has 3 aromatic rings. The summed E-state index contributed by atoms with van der Waals surface area (Å²) in [5.41, 5.74) is 1.63. The van der Waals surface area contributed by atoms with Crippen molar-refractivity contribution in [2.75, 3.05) is 26.7 Å². The standard InChI is InChI=1S/C26H31N3O5S2/c1-34-23-4-2-3-20(17-23)26(31)28-18-24-9-10-25(35-24)36(32,33)29-15-12-21(13-16-29)27-14-11-19-5-7-22(30)8-6-19/h2-10,17,21,27,30H,11-16,18H2,1H3,(H,28,31). The predicted molar refractivity (Wildman–Crippen MR) is 140 cm³/mol. The minimum Gasteiger partial charge on any atom is -0.508 e. The van der Waals surface area contributed by atoms with Crippen molar-refractivity contribution in [3.63, 3.8) is 0 Å². The van der Waals surface area contributed by atoms with Gasteiger partial charge in [-0.3, -0.25) is 4.79 Å². The number of ether oxygens (including phenoxy) is 1. The van der Waals surface area contributed by atoms with Gasteiger partial charge in [-0.25, -0.2) is 8.42 Å². The molecule has 3 N–H and O–H groups in total. The Morgan fingerprint density at radius 1 is 1.11 bits per heavy atom. The number of sulfonamides is 1. The Kier molecular flexibility index (Phi) is 8.63. The van der Waals surface area contributed by atoms with Gasteiger partial charge in [0.05, 0.1) is 13.7 Å². The van der Waals surface area contributed by atoms with E-state index in [0.717, 1.165) is 36.2 Å². The van der Waals surface area contributed by atoms with Crippen molar-refractivity contribution in [2.45, 2.75) is 36.1 Å². The van der Waals surface area contributed by atoms with Gasteiger partial charge >= 0.3 is 0 Å². The topological polar surface area (TPSA) is 108 Å². The average molecular weight is 530 g/mol. The Balaban J connectivity index is 1.25. The Labute approximate surface area is 216 Å². The van der Waals surface area contributed by atoms with Gasteiger partial charge in [0.15, 0.2) is 0 Å². The van der Waals surface area contributed by atoms with Crippen molar-refractivity contribution in [3.05, 3.63) is 76.7 Å². The number of methoxy groups -OCH3 is 1. The lowest BCUT2D eigenvalue weighted by Crippen LogP contribution is -2.45. The Bertz CT molecular complexity index is 1270. The first-order valence-electron chi connectivity index (χ1n) is 11.9. The molecule has 0 unspecified atom stereocenters. The number of nitrogens with one attached hydrogen (secondary N) is 2. The van der Waals surface area contributed by atoms with Gasteiger partial charge < -0.3 is 20.5 Å². The first kappa shape index (κ1) is 26.2. The van der Waals surface area contributed by atoms with E-state index in [1.807, 2.05) is 12.1 Å². The van der Waals surface area contributed by atoms with Crippen LogP contribution in [0.2, 0.25) is 0 Å². The zero-order valence-electron chi connectivity index (χ0n) is 20.1. The number of amides is 1. The number of benzene rings is 2. The number of nitrogens with zero attached hydrogens (tertiary/aromatic N) is 1. The molecule has 1 amide bonds. The van der Waals surface area contributed by atoms with Gasteiger partial charge in [0.1, 0.15) is 15.7 Å². The van der Waals surface area contributed by atoms with E-state index in [1.54, 1.807) is 59.9 Å². The third kappa shape index (κ3) is 6.64. The van der Waals surface area contributed by atoms with Crippen molar-refractivity contribution in [2.24, 2.45) is 0 Å². The molecule has 0 saturated carbocycles. The summed E-state index contributed by atoms with van der Waals surface area (Å²) >= 11 is 1.19. The largest absolute Gasteiger partial charge is 0.508 e. The molecule has 0 aliphatic carbocycles. The molecule has 1 saturated heterocycles. The molecule has 0 spiro atoms. The average Bonchev–Trinajstić information content (AvgIpc) is 3.39. The molecule has 192 valence electrons. The van der Waals surface area contributed by atoms with E-state index < -0.39 is 10.0 Å². The molecule has 0 radical (unpaired) electrons. The smallest absolute Gasteiger partial charge is 0.252 e. The summed E-state index contributed by atoms with van der Waals surface area (Å²) in [7, 11) is -2.02. The van der Waals surface area contributed by atoms with Crippen LogP contribution < -0.4 is 15.4 Å². The van der Waals surface area contributed by atoms with Crippen LogP contribution >= 0.6 is 11.3 Å². The molecule has 36 heavy (non-hydrogen) atoms. The summed E-state index contributed by atoms with van der Waals surface area (Å²) in [6.45, 7) is 2.00. The van der Waals surface area contributed by atoms with Crippen LogP contribution in [0.3, 0.4) is 0 Å². The lowest BCUT2D eigenvalue weighted by molar-refractivity contribution is 0.0951. The van der Waals surface area contributed by atoms with Crippen molar-refractivity contribution < 1.29 is 23.1 Å². The number of carbonyl (C=O) groups is 1. The van der Waals surface area contributed by atoms with Gasteiger partial charge in [0.25, 0.3) is 15.9 Å². The van der Waals surface area contributed by atoms with Crippen LogP contribution in [-0.2, 0) is 23.0 Å². The van der Waals surface area contributed by atoms with Gasteiger partial charge in [-0.15, -0.1) is 11.3 Å². The highest BCUT2D eigenvalue weighted by atomic mass is 32.2. The zero-order chi connectivity index (χ0) is 25.5. The van der Waals surface area contributed by atoms with Gasteiger partial charge in [-0.1, -0.05) is 18.2 Å². The lowest BCUT2D eigenvalue weighted by Gasteiger charge is -2.31. The highest BCUT2D eigenvalue weighted by Crippen LogP contribution is 2.27. The summed E-state index contributed by atoms with van der Waals surface area (Å²) in [5, 5.41) is 15.7. The van der Waals surface area contributed by atoms with Crippen molar-refractivity contribution in [1.82, 2.24) is 14.9 Å². The predicted octanol–water partition coefficient (Wildman–Crippen LogP) is 3.38. The van der Waals surface area contributed by atoms with Crippen LogP contribution in [0, 0.1) is 0 Å². The number of phenols is 1. The minimum absolute atomic E-state index is 0.244. The summed E-state index contributed by atoms with van der Waals surface area (Å²) in [4.78, 5) is 13.2. The molecule has 1 aromatic heterocycles. The van der Waals surface area contributed by atoms with Crippen molar-refractivity contribution in [3.8, 4) is 11.5 Å². The number of hydrogen-bond donors (Lipinski definition) is 3. The number of phenolic OH excluding ortho intramolecular Hbond substituents is 1. The van der Waals surface area contributed by atoms with Gasteiger partial charge in [0.2, 0.25) is 0 Å². The summed E-state index contributed by atoms with van der Waals surface area (Å²) in [6, 6.07) is 17.7. The minimum atomic E-state index is -3.56. The summed E-state index contributed by atoms with van der Waals surface area (Å²) < 4.78 is 33.3. The molecule has 2 aromatic carbocycles. The number of rotatable bonds is 10. The number of piperidine rings is 1. The van der Waals surface area contributed by atoms with Gasteiger partial charge in [0, 0.05) is 29.6 Å². The molecule has 10 heteroatoms. The molecular weight excluding hydrogens is 498 g/mol. The third-order valence-electron chi connectivity index (χ3n) is 6.22. The van der Waals surface area contributed by atoms with Gasteiger partial charge in [-0.2, -0.15) is 4.31 Å². The van der Waals surface area contributed by atoms with Gasteiger partial charge in [-0.05, 0) is 73.8 Å². The Morgan fingerprint density at radius 2 is 1.86 bits per heavy atom. The van der Waals surface area contributed by atoms with Crippen LogP contribution in [0.5, 0.6) is 11.5 Å². The first-order valence-corrected chi connectivity index (χ1v) is 14.1. The normalized spacial score (nSPS) is 15.0. The van der Waals surface area contributed by atoms with Crippen molar-refractivity contribution >= 4 is 27.3 Å². The molecule has 1 fully saturated rings. The summed E-state index contributed by atoms with van der Waals surface area (Å²) in [6.07, 6.45) is 2.36. The Hall–Kier alpha value is -2.92. The van der Waals surface area contributed by atoms with Crippen LogP contribution in [0.1, 0.15) is 33.6 Å². The van der Waals surface area contributed by atoms with E-state index in [4.69, 9.17) is 4.74 Å². The van der Waals surface area contributed by atoms with Crippen LogP contribution in [0.25, 0.3) is 0 Å². The van der Waals surface area contributed by atoms with Crippen LogP contribution in [-0.4, -0.2) is 56.5 Å².